The van der Waals surface area contributed by atoms with E-state index < -0.39 is 12.0 Å². The topological polar surface area (TPSA) is 114 Å². The van der Waals surface area contributed by atoms with Crippen LogP contribution in [0.15, 0.2) is 4.99 Å². The van der Waals surface area contributed by atoms with Crippen LogP contribution in [0.3, 0.4) is 0 Å². The number of carboxylic acids is 1. The second-order valence-electron chi connectivity index (χ2n) is 3.77. The number of aliphatic carboxylic acids is 1. The largest absolute Gasteiger partial charge is 0.480 e. The number of hydrogen-bond acceptors (Lipinski definition) is 3. The molecule has 0 spiro atoms. The molecule has 0 amide bonds. The number of nitrogens with two attached hydrogens (primary N) is 2. The summed E-state index contributed by atoms with van der Waals surface area (Å²) < 4.78 is 0. The molecule has 6 nitrogen and oxygen atoms in total. The summed E-state index contributed by atoms with van der Waals surface area (Å²) in [7, 11) is 0. The van der Waals surface area contributed by atoms with Gasteiger partial charge in [-0.15, -0.1) is 0 Å². The van der Waals surface area contributed by atoms with Gasteiger partial charge in [-0.3, -0.25) is 9.79 Å². The van der Waals surface area contributed by atoms with Gasteiger partial charge in [0.05, 0.1) is 6.04 Å². The third-order valence-corrected chi connectivity index (χ3v) is 2.34. The van der Waals surface area contributed by atoms with Crippen LogP contribution in [0, 0.1) is 0 Å². The summed E-state index contributed by atoms with van der Waals surface area (Å²) in [5.74, 6) is -0.727. The molecule has 0 aliphatic heterocycles. The van der Waals surface area contributed by atoms with Crippen molar-refractivity contribution in [2.24, 2.45) is 16.5 Å². The molecular weight excluding hydrogens is 208 g/mol. The fourth-order valence-electron chi connectivity index (χ4n) is 1.31. The highest BCUT2D eigenvalue weighted by Gasteiger charge is 2.09. The van der Waals surface area contributed by atoms with Crippen molar-refractivity contribution in [3.63, 3.8) is 0 Å². The molecule has 0 aliphatic carbocycles. The maximum Gasteiger partial charge on any atom is 0.320 e. The number of carbonyl (C=O) groups is 1. The van der Waals surface area contributed by atoms with Gasteiger partial charge in [-0.2, -0.15) is 0 Å². The van der Waals surface area contributed by atoms with Crippen LogP contribution in [0.1, 0.15) is 33.1 Å². The molecule has 2 atom stereocenters. The first-order valence-corrected chi connectivity index (χ1v) is 5.52. The minimum atomic E-state index is -0.837. The molecule has 94 valence electrons. The normalized spacial score (nSPS) is 14.1. The Morgan fingerprint density at radius 2 is 2.12 bits per heavy atom. The van der Waals surface area contributed by atoms with Crippen LogP contribution >= 0.6 is 0 Å². The Morgan fingerprint density at radius 3 is 2.56 bits per heavy atom. The Balaban J connectivity index is 3.71. The maximum absolute atomic E-state index is 10.5. The minimum absolute atomic E-state index is 0.110. The van der Waals surface area contributed by atoms with E-state index >= 15 is 0 Å². The monoisotopic (exact) mass is 230 g/mol. The lowest BCUT2D eigenvalue weighted by Gasteiger charge is -2.12. The SMILES string of the molecule is CCC(CCCNC(C)C(=O)O)N=C(N)N. The quantitative estimate of drug-likeness (QED) is 0.264. The van der Waals surface area contributed by atoms with Crippen molar-refractivity contribution in [1.82, 2.24) is 5.32 Å². The van der Waals surface area contributed by atoms with E-state index in [2.05, 4.69) is 10.3 Å². The van der Waals surface area contributed by atoms with Gasteiger partial charge in [-0.05, 0) is 32.7 Å². The summed E-state index contributed by atoms with van der Waals surface area (Å²) in [6.45, 7) is 4.30. The van der Waals surface area contributed by atoms with Gasteiger partial charge in [0, 0.05) is 0 Å². The van der Waals surface area contributed by atoms with E-state index in [1.54, 1.807) is 6.92 Å². The van der Waals surface area contributed by atoms with Crippen molar-refractivity contribution in [2.45, 2.75) is 45.2 Å². The standard InChI is InChI=1S/C10H22N4O2/c1-3-8(14-10(11)12)5-4-6-13-7(2)9(15)16/h7-8,13H,3-6H2,1-2H3,(H,15,16)(H4,11,12,14). The highest BCUT2D eigenvalue weighted by Crippen LogP contribution is 2.05. The molecule has 6 N–H and O–H groups in total. The van der Waals surface area contributed by atoms with Crippen LogP contribution in [0.5, 0.6) is 0 Å². The van der Waals surface area contributed by atoms with Crippen LogP contribution in [0.2, 0.25) is 0 Å². The summed E-state index contributed by atoms with van der Waals surface area (Å²) in [5, 5.41) is 11.5. The van der Waals surface area contributed by atoms with E-state index in [4.69, 9.17) is 16.6 Å². The lowest BCUT2D eigenvalue weighted by molar-refractivity contribution is -0.138. The average Bonchev–Trinajstić information content (AvgIpc) is 2.21. The van der Waals surface area contributed by atoms with E-state index in [0.29, 0.717) is 6.54 Å². The van der Waals surface area contributed by atoms with E-state index in [0.717, 1.165) is 19.3 Å². The van der Waals surface area contributed by atoms with Crippen LogP contribution in [-0.2, 0) is 4.79 Å². The highest BCUT2D eigenvalue weighted by molar-refractivity contribution is 5.75. The zero-order chi connectivity index (χ0) is 12.6. The first-order valence-electron chi connectivity index (χ1n) is 5.52. The zero-order valence-corrected chi connectivity index (χ0v) is 9.94. The summed E-state index contributed by atoms with van der Waals surface area (Å²) in [6, 6.07) is -0.380. The van der Waals surface area contributed by atoms with Gasteiger partial charge in [0.1, 0.15) is 6.04 Å². The summed E-state index contributed by atoms with van der Waals surface area (Å²) >= 11 is 0. The Bertz CT molecular complexity index is 239. The Kier molecular flexibility index (Phi) is 7.28. The van der Waals surface area contributed by atoms with Gasteiger partial charge in [0.15, 0.2) is 5.96 Å². The summed E-state index contributed by atoms with van der Waals surface area (Å²) in [4.78, 5) is 14.6. The van der Waals surface area contributed by atoms with Crippen molar-refractivity contribution in [2.75, 3.05) is 6.54 Å². The maximum atomic E-state index is 10.5. The number of aliphatic imine (C=N–C) groups is 1. The molecule has 16 heavy (non-hydrogen) atoms. The predicted molar refractivity (Wildman–Crippen MR) is 64.2 cm³/mol. The number of rotatable bonds is 8. The van der Waals surface area contributed by atoms with Gasteiger partial charge in [-0.25, -0.2) is 0 Å². The van der Waals surface area contributed by atoms with E-state index in [1.807, 2.05) is 6.92 Å². The Hall–Kier alpha value is -1.30. The molecule has 0 heterocycles. The van der Waals surface area contributed by atoms with Crippen molar-refractivity contribution in [3.8, 4) is 0 Å². The first-order chi connectivity index (χ1) is 7.47. The third-order valence-electron chi connectivity index (χ3n) is 2.34. The third kappa shape index (κ3) is 7.05. The van der Waals surface area contributed by atoms with E-state index in [1.165, 1.54) is 0 Å². The van der Waals surface area contributed by atoms with Crippen molar-refractivity contribution in [3.05, 3.63) is 0 Å². The average molecular weight is 230 g/mol. The first kappa shape index (κ1) is 14.7. The van der Waals surface area contributed by atoms with Gasteiger partial charge in [0.25, 0.3) is 0 Å². The Labute approximate surface area is 96.1 Å². The molecule has 0 aromatic carbocycles. The second-order valence-corrected chi connectivity index (χ2v) is 3.77. The molecule has 0 aromatic heterocycles. The van der Waals surface area contributed by atoms with Crippen LogP contribution in [0.4, 0.5) is 0 Å². The summed E-state index contributed by atoms with van der Waals surface area (Å²) in [5.41, 5.74) is 10.6. The lowest BCUT2D eigenvalue weighted by Crippen LogP contribution is -2.34. The molecule has 6 heteroatoms. The molecule has 0 aliphatic rings. The van der Waals surface area contributed by atoms with E-state index in [9.17, 15) is 4.79 Å². The number of nitrogens with zero attached hydrogens (tertiary/aromatic N) is 1. The lowest BCUT2D eigenvalue weighted by atomic mass is 10.1. The van der Waals surface area contributed by atoms with Crippen LogP contribution < -0.4 is 16.8 Å². The Morgan fingerprint density at radius 1 is 1.50 bits per heavy atom. The molecule has 2 unspecified atom stereocenters. The minimum Gasteiger partial charge on any atom is -0.480 e. The molecule has 0 saturated heterocycles. The van der Waals surface area contributed by atoms with Crippen molar-refractivity contribution < 1.29 is 9.90 Å². The molecule has 0 bridgehead atoms. The zero-order valence-electron chi connectivity index (χ0n) is 9.94. The molecule has 0 aromatic rings. The van der Waals surface area contributed by atoms with E-state index in [-0.39, 0.29) is 12.0 Å². The number of guanidine groups is 1. The van der Waals surface area contributed by atoms with Gasteiger partial charge < -0.3 is 21.9 Å². The van der Waals surface area contributed by atoms with Gasteiger partial charge in [0.2, 0.25) is 0 Å². The highest BCUT2D eigenvalue weighted by atomic mass is 16.4. The number of nitrogens with one attached hydrogen (secondary N) is 1. The van der Waals surface area contributed by atoms with Crippen LogP contribution in [-0.4, -0.2) is 35.7 Å². The van der Waals surface area contributed by atoms with Gasteiger partial charge >= 0.3 is 5.97 Å². The molecule has 0 radical (unpaired) electrons. The molecular formula is C10H22N4O2. The fraction of sp³-hybridized carbons (Fsp3) is 0.800. The smallest absolute Gasteiger partial charge is 0.320 e. The van der Waals surface area contributed by atoms with Crippen molar-refractivity contribution >= 4 is 11.9 Å². The number of carboxylic acid groups (broad SMARTS) is 1. The number of hydrogen-bond donors (Lipinski definition) is 4. The summed E-state index contributed by atoms with van der Waals surface area (Å²) in [6.07, 6.45) is 2.59. The molecule has 0 fully saturated rings. The second kappa shape index (κ2) is 7.92. The fourth-order valence-corrected chi connectivity index (χ4v) is 1.31. The molecule has 0 rings (SSSR count). The van der Waals surface area contributed by atoms with Crippen LogP contribution in [0.25, 0.3) is 0 Å². The van der Waals surface area contributed by atoms with Gasteiger partial charge in [-0.1, -0.05) is 6.92 Å². The van der Waals surface area contributed by atoms with Crippen molar-refractivity contribution in [1.29, 1.82) is 0 Å². The predicted octanol–water partition coefficient (Wildman–Crippen LogP) is -0.119. The molecule has 0 saturated carbocycles.